The highest BCUT2D eigenvalue weighted by atomic mass is 19.1. The number of hydrogen-bond donors (Lipinski definition) is 0. The molecule has 7 nitrogen and oxygen atoms in total. The zero-order valence-electron chi connectivity index (χ0n) is 17.4. The predicted octanol–water partition coefficient (Wildman–Crippen LogP) is 2.93. The smallest absolute Gasteiger partial charge is 0.300 e. The first-order valence-electron chi connectivity index (χ1n) is 10.7. The van der Waals surface area contributed by atoms with Crippen molar-refractivity contribution in [2.24, 2.45) is 0 Å². The number of nitrogens with zero attached hydrogens (tertiary/aromatic N) is 5. The number of hydrogen-bond acceptors (Lipinski definition) is 4. The fourth-order valence-electron chi connectivity index (χ4n) is 4.20. The second-order valence-electron chi connectivity index (χ2n) is 7.95. The van der Waals surface area contributed by atoms with Gasteiger partial charge in [-0.1, -0.05) is 30.3 Å². The van der Waals surface area contributed by atoms with Gasteiger partial charge in [0.25, 0.3) is 0 Å². The number of carbonyl (C=O) groups excluding carboxylic acids is 1. The van der Waals surface area contributed by atoms with E-state index in [1.165, 1.54) is 27.8 Å². The lowest BCUT2D eigenvalue weighted by atomic mass is 9.99. The Morgan fingerprint density at radius 3 is 2.72 bits per heavy atom. The normalized spacial score (nSPS) is 13.3. The molecule has 2 aromatic heterocycles. The van der Waals surface area contributed by atoms with Crippen molar-refractivity contribution in [3.05, 3.63) is 94.0 Å². The summed E-state index contributed by atoms with van der Waals surface area (Å²) in [7, 11) is 0. The number of rotatable bonds is 5. The van der Waals surface area contributed by atoms with Crippen LogP contribution in [0, 0.1) is 5.82 Å². The van der Waals surface area contributed by atoms with E-state index in [1.807, 2.05) is 17.0 Å². The molecule has 0 saturated carbocycles. The fourth-order valence-corrected chi connectivity index (χ4v) is 4.20. The van der Waals surface area contributed by atoms with Crippen LogP contribution in [0.4, 0.5) is 4.39 Å². The number of fused-ring (bicyclic) bond motifs is 2. The summed E-state index contributed by atoms with van der Waals surface area (Å²) in [5, 5.41) is 8.18. The van der Waals surface area contributed by atoms with Gasteiger partial charge < -0.3 is 4.90 Å². The van der Waals surface area contributed by atoms with Gasteiger partial charge in [-0.15, -0.1) is 10.2 Å². The third-order valence-electron chi connectivity index (χ3n) is 5.90. The van der Waals surface area contributed by atoms with Gasteiger partial charge in [0, 0.05) is 38.3 Å². The van der Waals surface area contributed by atoms with Crippen molar-refractivity contribution in [2.75, 3.05) is 6.54 Å². The van der Waals surface area contributed by atoms with E-state index in [0.717, 1.165) is 13.0 Å². The van der Waals surface area contributed by atoms with Crippen molar-refractivity contribution in [1.82, 2.24) is 24.1 Å². The molecule has 0 atom stereocenters. The highest BCUT2D eigenvalue weighted by Crippen LogP contribution is 2.19. The van der Waals surface area contributed by atoms with Crippen LogP contribution in [0.3, 0.4) is 0 Å². The third-order valence-corrected chi connectivity index (χ3v) is 5.90. The molecule has 0 bridgehead atoms. The summed E-state index contributed by atoms with van der Waals surface area (Å²) in [5.41, 5.74) is 2.75. The number of carbonyl (C=O) groups is 1. The summed E-state index contributed by atoms with van der Waals surface area (Å²) < 4.78 is 16.5. The Morgan fingerprint density at radius 1 is 1.03 bits per heavy atom. The lowest BCUT2D eigenvalue weighted by Gasteiger charge is -2.29. The van der Waals surface area contributed by atoms with Crippen molar-refractivity contribution < 1.29 is 9.18 Å². The molecular weight excluding hydrogens is 409 g/mol. The molecule has 1 aliphatic rings. The summed E-state index contributed by atoms with van der Waals surface area (Å²) >= 11 is 0. The summed E-state index contributed by atoms with van der Waals surface area (Å²) in [6, 6.07) is 14.1. The minimum Gasteiger partial charge on any atom is -0.338 e. The molecule has 0 radical (unpaired) electrons. The fraction of sp³-hybridized carbons (Fsp3) is 0.250. The van der Waals surface area contributed by atoms with Gasteiger partial charge in [0.1, 0.15) is 11.6 Å². The minimum absolute atomic E-state index is 0.127. The van der Waals surface area contributed by atoms with Crippen LogP contribution >= 0.6 is 0 Å². The Hall–Kier alpha value is -3.81. The van der Waals surface area contributed by atoms with Crippen LogP contribution in [-0.4, -0.2) is 36.5 Å². The highest BCUT2D eigenvalue weighted by Gasteiger charge is 2.20. The molecule has 0 unspecified atom stereocenters. The molecule has 1 amide bonds. The summed E-state index contributed by atoms with van der Waals surface area (Å²) in [6.45, 7) is 1.39. The predicted molar refractivity (Wildman–Crippen MR) is 117 cm³/mol. The average Bonchev–Trinajstić information content (AvgIpc) is 3.23. The standard InChI is InChI=1S/C24H22FN5O2/c25-19-7-3-8-20(15-19)29-13-14-30-21(26-27-23(30)24(29)32)9-4-10-22(31)28-12-11-17-5-1-2-6-18(17)16-28/h1-3,5-8,13-15H,4,9-12,16H2. The van der Waals surface area contributed by atoms with Crippen LogP contribution in [0.15, 0.2) is 65.7 Å². The van der Waals surface area contributed by atoms with Gasteiger partial charge in [-0.25, -0.2) is 4.39 Å². The van der Waals surface area contributed by atoms with Crippen molar-refractivity contribution in [2.45, 2.75) is 32.2 Å². The van der Waals surface area contributed by atoms with E-state index in [0.29, 0.717) is 37.3 Å². The van der Waals surface area contributed by atoms with Crippen LogP contribution in [0.25, 0.3) is 11.3 Å². The van der Waals surface area contributed by atoms with E-state index in [4.69, 9.17) is 0 Å². The van der Waals surface area contributed by atoms with Gasteiger partial charge >= 0.3 is 5.56 Å². The first-order chi connectivity index (χ1) is 15.6. The lowest BCUT2D eigenvalue weighted by Crippen LogP contribution is -2.35. The molecule has 2 aromatic carbocycles. The number of benzene rings is 2. The van der Waals surface area contributed by atoms with Crippen LogP contribution in [0.5, 0.6) is 0 Å². The lowest BCUT2D eigenvalue weighted by molar-refractivity contribution is -0.132. The molecule has 3 heterocycles. The highest BCUT2D eigenvalue weighted by molar-refractivity contribution is 5.76. The molecule has 0 saturated heterocycles. The Labute approximate surface area is 183 Å². The third kappa shape index (κ3) is 3.79. The number of aryl methyl sites for hydroxylation is 1. The number of aromatic nitrogens is 4. The topological polar surface area (TPSA) is 72.5 Å². The Balaban J connectivity index is 1.26. The molecule has 5 rings (SSSR count). The number of amides is 1. The quantitative estimate of drug-likeness (QED) is 0.487. The van der Waals surface area contributed by atoms with Gasteiger partial charge in [0.2, 0.25) is 11.6 Å². The molecule has 32 heavy (non-hydrogen) atoms. The van der Waals surface area contributed by atoms with Gasteiger partial charge in [0.15, 0.2) is 0 Å². The molecule has 1 aliphatic heterocycles. The van der Waals surface area contributed by atoms with E-state index < -0.39 is 5.82 Å². The maximum Gasteiger partial charge on any atom is 0.300 e. The van der Waals surface area contributed by atoms with Crippen molar-refractivity contribution in [1.29, 1.82) is 0 Å². The summed E-state index contributed by atoms with van der Waals surface area (Å²) in [6.07, 6.45) is 5.71. The molecule has 4 aromatic rings. The minimum atomic E-state index is -0.418. The van der Waals surface area contributed by atoms with Gasteiger partial charge in [-0.3, -0.25) is 18.6 Å². The van der Waals surface area contributed by atoms with E-state index in [9.17, 15) is 14.0 Å². The Morgan fingerprint density at radius 2 is 1.88 bits per heavy atom. The maximum absolute atomic E-state index is 13.5. The van der Waals surface area contributed by atoms with Crippen LogP contribution < -0.4 is 5.56 Å². The Kier molecular flexibility index (Phi) is 5.26. The summed E-state index contributed by atoms with van der Waals surface area (Å²) in [4.78, 5) is 27.4. The molecular formula is C24H22FN5O2. The van der Waals surface area contributed by atoms with E-state index in [-0.39, 0.29) is 17.1 Å². The first kappa shape index (κ1) is 20.1. The molecule has 0 aliphatic carbocycles. The second-order valence-corrected chi connectivity index (χ2v) is 7.95. The Bertz CT molecular complexity index is 1360. The first-order valence-corrected chi connectivity index (χ1v) is 10.7. The molecule has 8 heteroatoms. The van der Waals surface area contributed by atoms with Crippen LogP contribution in [0.1, 0.15) is 29.8 Å². The van der Waals surface area contributed by atoms with Crippen LogP contribution in [-0.2, 0) is 24.2 Å². The van der Waals surface area contributed by atoms with Gasteiger partial charge in [-0.2, -0.15) is 0 Å². The average molecular weight is 431 g/mol. The molecule has 0 spiro atoms. The zero-order chi connectivity index (χ0) is 22.1. The maximum atomic E-state index is 13.5. The number of halogens is 1. The largest absolute Gasteiger partial charge is 0.338 e. The van der Waals surface area contributed by atoms with Gasteiger partial charge in [-0.05, 0) is 42.2 Å². The van der Waals surface area contributed by atoms with Gasteiger partial charge in [0.05, 0.1) is 5.69 Å². The van der Waals surface area contributed by atoms with Crippen LogP contribution in [0.2, 0.25) is 0 Å². The van der Waals surface area contributed by atoms with Crippen molar-refractivity contribution >= 4 is 11.6 Å². The monoisotopic (exact) mass is 431 g/mol. The van der Waals surface area contributed by atoms with Crippen molar-refractivity contribution in [3.63, 3.8) is 0 Å². The van der Waals surface area contributed by atoms with E-state index in [1.54, 1.807) is 28.9 Å². The SMILES string of the molecule is O=C(CCCc1nnc2c(=O)n(-c3cccc(F)c3)ccn12)N1CCc2ccccc2C1. The molecule has 0 N–H and O–H groups in total. The van der Waals surface area contributed by atoms with E-state index in [2.05, 4.69) is 22.3 Å². The van der Waals surface area contributed by atoms with E-state index >= 15 is 0 Å². The second kappa shape index (κ2) is 8.37. The van der Waals surface area contributed by atoms with Crippen molar-refractivity contribution in [3.8, 4) is 5.69 Å². The zero-order valence-corrected chi connectivity index (χ0v) is 17.4. The summed E-state index contributed by atoms with van der Waals surface area (Å²) in [5.74, 6) is 0.334. The molecule has 0 fully saturated rings. The molecule has 162 valence electrons.